The van der Waals surface area contributed by atoms with E-state index >= 15 is 0 Å². The normalized spacial score (nSPS) is 21.9. The number of carbonyl (C=O) groups is 1. The summed E-state index contributed by atoms with van der Waals surface area (Å²) in [5.41, 5.74) is 1.11. The Labute approximate surface area is 94.8 Å². The Hall–Kier alpha value is -1.02. The van der Waals surface area contributed by atoms with Crippen molar-refractivity contribution >= 4 is 23.1 Å². The minimum atomic E-state index is 0.137. The molecule has 2 nitrogen and oxygen atoms in total. The van der Waals surface area contributed by atoms with Gasteiger partial charge in [0.2, 0.25) is 0 Å². The van der Waals surface area contributed by atoms with Crippen molar-refractivity contribution in [2.24, 2.45) is 5.92 Å². The van der Waals surface area contributed by atoms with Gasteiger partial charge in [0.15, 0.2) is 0 Å². The highest BCUT2D eigenvalue weighted by molar-refractivity contribution is 6.30. The van der Waals surface area contributed by atoms with E-state index in [2.05, 4.69) is 4.90 Å². The van der Waals surface area contributed by atoms with Crippen LogP contribution in [0.5, 0.6) is 0 Å². The van der Waals surface area contributed by atoms with Crippen molar-refractivity contribution in [3.05, 3.63) is 29.3 Å². The quantitative estimate of drug-likeness (QED) is 0.730. The van der Waals surface area contributed by atoms with Crippen molar-refractivity contribution in [3.63, 3.8) is 0 Å². The molecule has 0 aliphatic carbocycles. The highest BCUT2D eigenvalue weighted by Crippen LogP contribution is 2.23. The first-order chi connectivity index (χ1) is 7.16. The molecule has 1 aromatic rings. The fourth-order valence-electron chi connectivity index (χ4n) is 1.92. The lowest BCUT2D eigenvalue weighted by molar-refractivity contribution is -0.122. The van der Waals surface area contributed by atoms with Crippen molar-refractivity contribution in [2.75, 3.05) is 18.0 Å². The van der Waals surface area contributed by atoms with Gasteiger partial charge in [-0.1, -0.05) is 24.6 Å². The number of benzene rings is 1. The minimum Gasteiger partial charge on any atom is -0.370 e. The van der Waals surface area contributed by atoms with Crippen LogP contribution in [0.2, 0.25) is 5.02 Å². The van der Waals surface area contributed by atoms with Crippen LogP contribution in [0, 0.1) is 5.92 Å². The van der Waals surface area contributed by atoms with Crippen molar-refractivity contribution in [3.8, 4) is 0 Å². The maximum atomic E-state index is 11.4. The lowest BCUT2D eigenvalue weighted by Crippen LogP contribution is -2.39. The number of anilines is 1. The van der Waals surface area contributed by atoms with Crippen LogP contribution in [-0.2, 0) is 4.79 Å². The van der Waals surface area contributed by atoms with Crippen LogP contribution in [0.1, 0.15) is 13.3 Å². The van der Waals surface area contributed by atoms with E-state index in [9.17, 15) is 4.79 Å². The number of ketones is 1. The Kier molecular flexibility index (Phi) is 2.96. The topological polar surface area (TPSA) is 20.3 Å². The first kappa shape index (κ1) is 10.5. The lowest BCUT2D eigenvalue weighted by atomic mass is 9.98. The molecule has 0 N–H and O–H groups in total. The predicted molar refractivity (Wildman–Crippen MR) is 62.5 cm³/mol. The Morgan fingerprint density at radius 2 is 2.27 bits per heavy atom. The average molecular weight is 224 g/mol. The van der Waals surface area contributed by atoms with Crippen LogP contribution in [0.3, 0.4) is 0 Å². The third-order valence-electron chi connectivity index (χ3n) is 2.85. The molecule has 2 rings (SSSR count). The van der Waals surface area contributed by atoms with Gasteiger partial charge in [-0.15, -0.1) is 0 Å². The monoisotopic (exact) mass is 223 g/mol. The van der Waals surface area contributed by atoms with E-state index in [0.29, 0.717) is 12.2 Å². The Morgan fingerprint density at radius 1 is 1.47 bits per heavy atom. The Bertz CT molecular complexity index is 378. The van der Waals surface area contributed by atoms with Crippen molar-refractivity contribution in [1.82, 2.24) is 0 Å². The Balaban J connectivity index is 2.15. The fourth-order valence-corrected chi connectivity index (χ4v) is 2.11. The molecule has 0 bridgehead atoms. The van der Waals surface area contributed by atoms with E-state index in [0.717, 1.165) is 23.8 Å². The fraction of sp³-hybridized carbons (Fsp3) is 0.417. The molecule has 1 unspecified atom stereocenters. The smallest absolute Gasteiger partial charge is 0.139 e. The van der Waals surface area contributed by atoms with Crippen LogP contribution in [0.25, 0.3) is 0 Å². The first-order valence-electron chi connectivity index (χ1n) is 5.20. The third kappa shape index (κ3) is 2.32. The van der Waals surface area contributed by atoms with Gasteiger partial charge in [0.25, 0.3) is 0 Å². The summed E-state index contributed by atoms with van der Waals surface area (Å²) >= 11 is 5.94. The van der Waals surface area contributed by atoms with Crippen LogP contribution in [0.4, 0.5) is 5.69 Å². The van der Waals surface area contributed by atoms with Crippen LogP contribution < -0.4 is 4.90 Å². The Morgan fingerprint density at radius 3 is 2.93 bits per heavy atom. The molecule has 3 heteroatoms. The van der Waals surface area contributed by atoms with Gasteiger partial charge in [-0.05, 0) is 18.2 Å². The summed E-state index contributed by atoms with van der Waals surface area (Å²) in [7, 11) is 0. The molecular weight excluding hydrogens is 210 g/mol. The molecule has 1 atom stereocenters. The second kappa shape index (κ2) is 4.23. The molecule has 1 aromatic carbocycles. The summed E-state index contributed by atoms with van der Waals surface area (Å²) in [5.74, 6) is 0.506. The van der Waals surface area contributed by atoms with Gasteiger partial charge in [0.05, 0.1) is 0 Å². The van der Waals surface area contributed by atoms with Crippen molar-refractivity contribution in [1.29, 1.82) is 0 Å². The van der Waals surface area contributed by atoms with Crippen LogP contribution in [-0.4, -0.2) is 18.9 Å². The molecule has 1 heterocycles. The first-order valence-corrected chi connectivity index (χ1v) is 5.58. The van der Waals surface area contributed by atoms with Gasteiger partial charge >= 0.3 is 0 Å². The summed E-state index contributed by atoms with van der Waals surface area (Å²) < 4.78 is 0. The van der Waals surface area contributed by atoms with Crippen LogP contribution in [0.15, 0.2) is 24.3 Å². The van der Waals surface area contributed by atoms with E-state index in [-0.39, 0.29) is 5.92 Å². The highest BCUT2D eigenvalue weighted by atomic mass is 35.5. The zero-order valence-electron chi connectivity index (χ0n) is 8.74. The lowest BCUT2D eigenvalue weighted by Gasteiger charge is -2.31. The van der Waals surface area contributed by atoms with E-state index in [1.807, 2.05) is 31.2 Å². The zero-order chi connectivity index (χ0) is 10.8. The van der Waals surface area contributed by atoms with E-state index in [1.54, 1.807) is 0 Å². The summed E-state index contributed by atoms with van der Waals surface area (Å²) in [6, 6.07) is 7.79. The van der Waals surface area contributed by atoms with E-state index in [1.165, 1.54) is 0 Å². The standard InChI is InChI=1S/C12H14ClNO/c1-9-8-14(6-5-12(9)15)11-4-2-3-10(13)7-11/h2-4,7,9H,5-6,8H2,1H3. The number of rotatable bonds is 1. The SMILES string of the molecule is CC1CN(c2cccc(Cl)c2)CCC1=O. The molecule has 0 aromatic heterocycles. The summed E-state index contributed by atoms with van der Waals surface area (Å²) in [6.07, 6.45) is 0.647. The molecule has 0 amide bonds. The van der Waals surface area contributed by atoms with Gasteiger partial charge in [-0.3, -0.25) is 4.79 Å². The number of nitrogens with zero attached hydrogens (tertiary/aromatic N) is 1. The van der Waals surface area contributed by atoms with Gasteiger partial charge in [-0.2, -0.15) is 0 Å². The van der Waals surface area contributed by atoms with Crippen molar-refractivity contribution < 1.29 is 4.79 Å². The van der Waals surface area contributed by atoms with Gasteiger partial charge in [0.1, 0.15) is 5.78 Å². The molecule has 1 fully saturated rings. The second-order valence-corrected chi connectivity index (χ2v) is 4.48. The molecule has 0 spiro atoms. The van der Waals surface area contributed by atoms with Gasteiger partial charge in [-0.25, -0.2) is 0 Å². The largest absolute Gasteiger partial charge is 0.370 e. The summed E-state index contributed by atoms with van der Waals surface area (Å²) in [4.78, 5) is 13.6. The second-order valence-electron chi connectivity index (χ2n) is 4.04. The summed E-state index contributed by atoms with van der Waals surface area (Å²) in [6.45, 7) is 3.60. The third-order valence-corrected chi connectivity index (χ3v) is 3.08. The van der Waals surface area contributed by atoms with Gasteiger partial charge < -0.3 is 4.90 Å². The summed E-state index contributed by atoms with van der Waals surface area (Å²) in [5, 5.41) is 0.747. The number of piperidine rings is 1. The number of halogens is 1. The van der Waals surface area contributed by atoms with E-state index in [4.69, 9.17) is 11.6 Å². The molecule has 80 valence electrons. The predicted octanol–water partition coefficient (Wildman–Crippen LogP) is 2.76. The van der Waals surface area contributed by atoms with E-state index < -0.39 is 0 Å². The molecule has 0 saturated carbocycles. The molecule has 1 aliphatic rings. The molecule has 15 heavy (non-hydrogen) atoms. The number of Topliss-reactive ketones (excluding diaryl/α,β-unsaturated/α-hetero) is 1. The molecule has 1 aliphatic heterocycles. The zero-order valence-corrected chi connectivity index (χ0v) is 9.50. The number of carbonyl (C=O) groups excluding carboxylic acids is 1. The number of hydrogen-bond donors (Lipinski definition) is 0. The van der Waals surface area contributed by atoms with Crippen molar-refractivity contribution in [2.45, 2.75) is 13.3 Å². The minimum absolute atomic E-state index is 0.137. The average Bonchev–Trinajstić information content (AvgIpc) is 2.22. The molecular formula is C12H14ClNO. The maximum Gasteiger partial charge on any atom is 0.139 e. The van der Waals surface area contributed by atoms with Gasteiger partial charge in [0, 0.05) is 36.1 Å². The maximum absolute atomic E-state index is 11.4. The molecule has 0 radical (unpaired) electrons. The number of hydrogen-bond acceptors (Lipinski definition) is 2. The molecule has 1 saturated heterocycles. The highest BCUT2D eigenvalue weighted by Gasteiger charge is 2.23. The van der Waals surface area contributed by atoms with Crippen LogP contribution >= 0.6 is 11.6 Å².